The van der Waals surface area contributed by atoms with Gasteiger partial charge in [-0.2, -0.15) is 0 Å². The van der Waals surface area contributed by atoms with Gasteiger partial charge in [-0.25, -0.2) is 4.84 Å². The van der Waals surface area contributed by atoms with Crippen LogP contribution in [0.15, 0.2) is 0 Å². The zero-order valence-electron chi connectivity index (χ0n) is 11.6. The van der Waals surface area contributed by atoms with Crippen LogP contribution in [0.3, 0.4) is 0 Å². The first-order valence-corrected chi connectivity index (χ1v) is 6.75. The molecule has 0 atom stereocenters. The van der Waals surface area contributed by atoms with E-state index in [1.54, 1.807) is 0 Å². The summed E-state index contributed by atoms with van der Waals surface area (Å²) >= 11 is 5.13. The number of esters is 2. The Hall–Kier alpha value is -1.51. The Morgan fingerprint density at radius 3 is 1.76 bits per heavy atom. The van der Waals surface area contributed by atoms with Crippen molar-refractivity contribution in [2.45, 2.75) is 25.7 Å². The molecule has 0 saturated heterocycles. The van der Waals surface area contributed by atoms with Crippen LogP contribution < -0.4 is 10.6 Å². The van der Waals surface area contributed by atoms with Crippen molar-refractivity contribution in [1.29, 1.82) is 0 Å². The fraction of sp³-hybridized carbons (Fsp3) is 0.667. The number of carbonyl (C=O) groups is 4. The van der Waals surface area contributed by atoms with Crippen molar-refractivity contribution < 1.29 is 28.7 Å². The Kier molecular flexibility index (Phi) is 11.4. The van der Waals surface area contributed by atoms with Crippen LogP contribution in [0.4, 0.5) is 0 Å². The van der Waals surface area contributed by atoms with Crippen molar-refractivity contribution >= 4 is 35.3 Å². The zero-order chi connectivity index (χ0) is 16.1. The quantitative estimate of drug-likeness (QED) is 0.279. The topological polar surface area (TPSA) is 125 Å². The molecule has 0 amide bonds. The Morgan fingerprint density at radius 2 is 1.33 bits per heavy atom. The lowest BCUT2D eigenvalue weighted by atomic mass is 10.2. The summed E-state index contributed by atoms with van der Waals surface area (Å²) in [5.74, 6) is -1.56. The van der Waals surface area contributed by atoms with Crippen molar-refractivity contribution in [1.82, 2.24) is 4.84 Å². The second-order valence-electron chi connectivity index (χ2n) is 4.03. The Bertz CT molecular complexity index is 375. The molecule has 9 heteroatoms. The molecule has 0 aromatic heterocycles. The summed E-state index contributed by atoms with van der Waals surface area (Å²) in [7, 11) is 0. The average molecular weight is 323 g/mol. The molecule has 120 valence electrons. The number of carbonyl (C=O) groups excluding carboxylic acids is 4. The van der Waals surface area contributed by atoms with E-state index in [2.05, 4.69) is 4.84 Å². The van der Waals surface area contributed by atoms with E-state index < -0.39 is 11.9 Å². The molecule has 0 bridgehead atoms. The van der Waals surface area contributed by atoms with Crippen molar-refractivity contribution in [2.24, 2.45) is 5.73 Å². The van der Waals surface area contributed by atoms with E-state index in [-0.39, 0.29) is 63.6 Å². The largest absolute Gasteiger partial charge is 0.462 e. The van der Waals surface area contributed by atoms with Crippen LogP contribution in [0.5, 0.6) is 0 Å². The van der Waals surface area contributed by atoms with Crippen molar-refractivity contribution in [3.63, 3.8) is 0 Å². The SMILES string of the molecule is NCC(=O)CCC(=O)OCCOC(=O)CCC(=O)CNCl. The molecule has 0 saturated carbocycles. The number of ketones is 2. The number of nitrogens with one attached hydrogen (secondary N) is 1. The molecule has 0 radical (unpaired) electrons. The molecule has 0 aromatic rings. The van der Waals surface area contributed by atoms with Gasteiger partial charge in [0.25, 0.3) is 0 Å². The van der Waals surface area contributed by atoms with Crippen LogP contribution >= 0.6 is 11.8 Å². The second-order valence-corrected chi connectivity index (χ2v) is 4.30. The number of halogens is 1. The second kappa shape index (κ2) is 12.2. The summed E-state index contributed by atoms with van der Waals surface area (Å²) in [6, 6.07) is 0. The normalized spacial score (nSPS) is 10.0. The first-order chi connectivity index (χ1) is 9.99. The van der Waals surface area contributed by atoms with E-state index in [1.165, 1.54) is 0 Å². The standard InChI is InChI=1S/C12H19ClN2O6/c13-15-8-10(17)2-4-12(19)21-6-5-20-11(18)3-1-9(16)7-14/h15H,1-8,14H2. The Labute approximate surface area is 127 Å². The maximum absolute atomic E-state index is 11.2. The highest BCUT2D eigenvalue weighted by atomic mass is 35.5. The number of nitrogens with two attached hydrogens (primary N) is 1. The van der Waals surface area contributed by atoms with Gasteiger partial charge in [-0.05, 0) is 11.8 Å². The lowest BCUT2D eigenvalue weighted by molar-refractivity contribution is -0.152. The van der Waals surface area contributed by atoms with E-state index in [4.69, 9.17) is 27.0 Å². The number of rotatable bonds is 12. The molecule has 3 N–H and O–H groups in total. The van der Waals surface area contributed by atoms with Crippen molar-refractivity contribution in [3.8, 4) is 0 Å². The summed E-state index contributed by atoms with van der Waals surface area (Å²) in [6.45, 7) is -0.327. The number of ether oxygens (including phenoxy) is 2. The van der Waals surface area contributed by atoms with Gasteiger partial charge in [-0.1, -0.05) is 0 Å². The maximum atomic E-state index is 11.2. The average Bonchev–Trinajstić information content (AvgIpc) is 2.47. The molecule has 21 heavy (non-hydrogen) atoms. The highest BCUT2D eigenvalue weighted by Gasteiger charge is 2.09. The lowest BCUT2D eigenvalue weighted by Gasteiger charge is -2.06. The van der Waals surface area contributed by atoms with Crippen LogP contribution in [0.1, 0.15) is 25.7 Å². The fourth-order valence-corrected chi connectivity index (χ4v) is 1.35. The maximum Gasteiger partial charge on any atom is 0.306 e. The van der Waals surface area contributed by atoms with Gasteiger partial charge in [0.1, 0.15) is 24.8 Å². The predicted molar refractivity (Wildman–Crippen MR) is 73.3 cm³/mol. The van der Waals surface area contributed by atoms with Crippen LogP contribution in [0.2, 0.25) is 0 Å². The van der Waals surface area contributed by atoms with Gasteiger partial charge in [-0.15, -0.1) is 0 Å². The minimum atomic E-state index is -0.563. The molecule has 0 unspecified atom stereocenters. The van der Waals surface area contributed by atoms with E-state index in [0.29, 0.717) is 0 Å². The van der Waals surface area contributed by atoms with Crippen LogP contribution in [0.25, 0.3) is 0 Å². The van der Waals surface area contributed by atoms with Crippen LogP contribution in [-0.4, -0.2) is 49.8 Å². The molecule has 0 aliphatic heterocycles. The van der Waals surface area contributed by atoms with Gasteiger partial charge in [-0.3, -0.25) is 19.2 Å². The molecule has 0 heterocycles. The van der Waals surface area contributed by atoms with Crippen LogP contribution in [-0.2, 0) is 28.7 Å². The predicted octanol–water partition coefficient (Wildman–Crippen LogP) is -0.526. The third-order valence-electron chi connectivity index (χ3n) is 2.32. The molecular formula is C12H19ClN2O6. The molecule has 8 nitrogen and oxygen atoms in total. The minimum Gasteiger partial charge on any atom is -0.462 e. The summed E-state index contributed by atoms with van der Waals surface area (Å²) in [5.41, 5.74) is 5.09. The fourth-order valence-electron chi connectivity index (χ4n) is 1.20. The number of Topliss-reactive ketones (excluding diaryl/α,β-unsaturated/α-hetero) is 2. The van der Waals surface area contributed by atoms with Crippen molar-refractivity contribution in [3.05, 3.63) is 0 Å². The molecule has 0 fully saturated rings. The van der Waals surface area contributed by atoms with E-state index in [1.807, 2.05) is 0 Å². The highest BCUT2D eigenvalue weighted by Crippen LogP contribution is 1.96. The first-order valence-electron chi connectivity index (χ1n) is 6.37. The van der Waals surface area contributed by atoms with Gasteiger partial charge in [0.15, 0.2) is 0 Å². The molecule has 0 aliphatic rings. The summed E-state index contributed by atoms with van der Waals surface area (Å²) in [5, 5.41) is 0. The zero-order valence-corrected chi connectivity index (χ0v) is 12.3. The number of hydrogen-bond acceptors (Lipinski definition) is 8. The Balaban J connectivity index is 3.57. The van der Waals surface area contributed by atoms with Gasteiger partial charge in [0.2, 0.25) is 0 Å². The molecular weight excluding hydrogens is 304 g/mol. The minimum absolute atomic E-state index is 0.0199. The van der Waals surface area contributed by atoms with Crippen LogP contribution in [0, 0.1) is 0 Å². The van der Waals surface area contributed by atoms with Gasteiger partial charge >= 0.3 is 11.9 Å². The van der Waals surface area contributed by atoms with Gasteiger partial charge in [0.05, 0.1) is 25.9 Å². The molecule has 0 rings (SSSR count). The number of hydrogen-bond donors (Lipinski definition) is 2. The Morgan fingerprint density at radius 1 is 0.857 bits per heavy atom. The summed E-state index contributed by atoms with van der Waals surface area (Å²) in [6.07, 6.45) is -0.0500. The summed E-state index contributed by atoms with van der Waals surface area (Å²) < 4.78 is 9.51. The first kappa shape index (κ1) is 19.5. The molecule has 0 aromatic carbocycles. The van der Waals surface area contributed by atoms with E-state index in [0.717, 1.165) is 0 Å². The molecule has 0 spiro atoms. The van der Waals surface area contributed by atoms with E-state index >= 15 is 0 Å². The van der Waals surface area contributed by atoms with Gasteiger partial charge < -0.3 is 15.2 Å². The van der Waals surface area contributed by atoms with E-state index in [9.17, 15) is 19.2 Å². The molecule has 0 aliphatic carbocycles. The monoisotopic (exact) mass is 322 g/mol. The third kappa shape index (κ3) is 12.0. The lowest BCUT2D eigenvalue weighted by Crippen LogP contribution is -2.18. The highest BCUT2D eigenvalue weighted by molar-refractivity contribution is 6.14. The summed E-state index contributed by atoms with van der Waals surface area (Å²) in [4.78, 5) is 46.5. The third-order valence-corrected chi connectivity index (χ3v) is 2.45. The van der Waals surface area contributed by atoms with Gasteiger partial charge in [0, 0.05) is 12.8 Å². The van der Waals surface area contributed by atoms with Crippen molar-refractivity contribution in [2.75, 3.05) is 26.3 Å². The smallest absolute Gasteiger partial charge is 0.306 e.